The van der Waals surface area contributed by atoms with E-state index in [4.69, 9.17) is 9.84 Å². The zero-order chi connectivity index (χ0) is 14.5. The summed E-state index contributed by atoms with van der Waals surface area (Å²) in [6.07, 6.45) is 5.01. The first-order valence-electron chi connectivity index (χ1n) is 7.68. The second-order valence-corrected chi connectivity index (χ2v) is 6.10. The second kappa shape index (κ2) is 7.07. The minimum Gasteiger partial charge on any atom is -0.481 e. The third kappa shape index (κ3) is 3.95. The topological polar surface area (TPSA) is 66.8 Å². The van der Waals surface area contributed by atoms with Crippen molar-refractivity contribution < 1.29 is 19.4 Å². The van der Waals surface area contributed by atoms with E-state index in [1.165, 1.54) is 0 Å². The predicted molar refractivity (Wildman–Crippen MR) is 74.3 cm³/mol. The number of carboxylic acids is 1. The Kier molecular flexibility index (Phi) is 5.40. The summed E-state index contributed by atoms with van der Waals surface area (Å²) < 4.78 is 5.32. The van der Waals surface area contributed by atoms with Crippen LogP contribution in [0.15, 0.2) is 0 Å². The van der Waals surface area contributed by atoms with Crippen molar-refractivity contribution >= 4 is 11.9 Å². The molecule has 0 spiro atoms. The average molecular weight is 283 g/mol. The van der Waals surface area contributed by atoms with E-state index in [-0.39, 0.29) is 11.9 Å². The van der Waals surface area contributed by atoms with Crippen LogP contribution < -0.4 is 0 Å². The molecule has 2 unspecified atom stereocenters. The first-order valence-corrected chi connectivity index (χ1v) is 7.68. The molecule has 5 heteroatoms. The van der Waals surface area contributed by atoms with Crippen molar-refractivity contribution in [2.45, 2.75) is 51.5 Å². The van der Waals surface area contributed by atoms with Gasteiger partial charge in [-0.2, -0.15) is 0 Å². The summed E-state index contributed by atoms with van der Waals surface area (Å²) in [7, 11) is 0. The fourth-order valence-electron chi connectivity index (χ4n) is 3.16. The van der Waals surface area contributed by atoms with Gasteiger partial charge in [-0.15, -0.1) is 0 Å². The van der Waals surface area contributed by atoms with E-state index in [0.29, 0.717) is 25.3 Å². The molecule has 0 aromatic carbocycles. The number of nitrogens with zero attached hydrogens (tertiary/aromatic N) is 1. The monoisotopic (exact) mass is 283 g/mol. The van der Waals surface area contributed by atoms with E-state index in [1.54, 1.807) is 4.90 Å². The lowest BCUT2D eigenvalue weighted by molar-refractivity contribution is -0.147. The zero-order valence-electron chi connectivity index (χ0n) is 12.2. The highest BCUT2D eigenvalue weighted by atomic mass is 16.5. The normalized spacial score (nSPS) is 28.4. The van der Waals surface area contributed by atoms with E-state index in [9.17, 15) is 9.59 Å². The summed E-state index contributed by atoms with van der Waals surface area (Å²) >= 11 is 0. The van der Waals surface area contributed by atoms with Crippen molar-refractivity contribution in [3.63, 3.8) is 0 Å². The molecule has 20 heavy (non-hydrogen) atoms. The van der Waals surface area contributed by atoms with E-state index in [1.807, 2.05) is 6.92 Å². The van der Waals surface area contributed by atoms with Gasteiger partial charge in [0.15, 0.2) is 0 Å². The Morgan fingerprint density at radius 2 is 1.90 bits per heavy atom. The molecule has 114 valence electrons. The first-order chi connectivity index (χ1) is 9.58. The van der Waals surface area contributed by atoms with Crippen molar-refractivity contribution in [2.24, 2.45) is 11.8 Å². The summed E-state index contributed by atoms with van der Waals surface area (Å²) in [6, 6.07) is 0.174. The molecule has 2 fully saturated rings. The van der Waals surface area contributed by atoms with Crippen molar-refractivity contribution in [3.8, 4) is 0 Å². The van der Waals surface area contributed by atoms with Crippen LogP contribution in [0.5, 0.6) is 0 Å². The number of carboxylic acid groups (broad SMARTS) is 1. The molecule has 0 radical (unpaired) electrons. The molecular formula is C15H25NO4. The van der Waals surface area contributed by atoms with Crippen LogP contribution in [0, 0.1) is 11.8 Å². The van der Waals surface area contributed by atoms with Gasteiger partial charge in [-0.3, -0.25) is 9.59 Å². The van der Waals surface area contributed by atoms with Crippen molar-refractivity contribution in [2.75, 3.05) is 19.8 Å². The number of aliphatic carboxylic acids is 1. The lowest BCUT2D eigenvalue weighted by Crippen LogP contribution is -2.47. The number of rotatable bonds is 4. The Morgan fingerprint density at radius 1 is 1.20 bits per heavy atom. The zero-order valence-corrected chi connectivity index (χ0v) is 12.2. The maximum absolute atomic E-state index is 12.3. The van der Waals surface area contributed by atoms with Gasteiger partial charge in [0, 0.05) is 32.2 Å². The van der Waals surface area contributed by atoms with Crippen LogP contribution in [0.3, 0.4) is 0 Å². The Hall–Kier alpha value is -1.10. The maximum atomic E-state index is 12.3. The Bertz CT molecular complexity index is 352. The summed E-state index contributed by atoms with van der Waals surface area (Å²) in [6.45, 7) is 4.01. The van der Waals surface area contributed by atoms with Crippen LogP contribution in [0.4, 0.5) is 0 Å². The summed E-state index contributed by atoms with van der Waals surface area (Å²) in [5.74, 6) is -0.463. The number of amides is 1. The Balaban J connectivity index is 1.81. The highest BCUT2D eigenvalue weighted by Gasteiger charge is 2.32. The van der Waals surface area contributed by atoms with Crippen LogP contribution in [0.25, 0.3) is 0 Å². The molecule has 0 aromatic rings. The molecule has 0 saturated carbocycles. The molecule has 2 aliphatic rings. The van der Waals surface area contributed by atoms with E-state index in [0.717, 1.165) is 38.9 Å². The number of hydrogen-bond donors (Lipinski definition) is 1. The van der Waals surface area contributed by atoms with Crippen LogP contribution in [-0.4, -0.2) is 47.7 Å². The number of hydrogen-bond acceptors (Lipinski definition) is 3. The highest BCUT2D eigenvalue weighted by molar-refractivity contribution is 5.78. The minimum absolute atomic E-state index is 0.120. The molecule has 2 aliphatic heterocycles. The molecule has 2 saturated heterocycles. The maximum Gasteiger partial charge on any atom is 0.308 e. The fraction of sp³-hybridized carbons (Fsp3) is 0.867. The minimum atomic E-state index is -0.779. The van der Waals surface area contributed by atoms with Gasteiger partial charge in [0.25, 0.3) is 0 Å². The lowest BCUT2D eigenvalue weighted by Gasteiger charge is -2.37. The van der Waals surface area contributed by atoms with Crippen LogP contribution in [-0.2, 0) is 14.3 Å². The van der Waals surface area contributed by atoms with Crippen molar-refractivity contribution in [1.82, 2.24) is 4.90 Å². The molecule has 2 atom stereocenters. The number of carbonyl (C=O) groups excluding carboxylic acids is 1. The molecule has 0 bridgehead atoms. The standard InChI is InChI=1S/C15H25NO4/c1-11-2-4-13(15(18)19)10-16(11)14(17)5-3-12-6-8-20-9-7-12/h11-13H,2-10H2,1H3,(H,18,19). The summed E-state index contributed by atoms with van der Waals surface area (Å²) in [4.78, 5) is 25.2. The molecule has 2 heterocycles. The lowest BCUT2D eigenvalue weighted by atomic mass is 9.91. The van der Waals surface area contributed by atoms with Gasteiger partial charge in [0.1, 0.15) is 0 Å². The Labute approximate surface area is 120 Å². The van der Waals surface area contributed by atoms with E-state index in [2.05, 4.69) is 0 Å². The quantitative estimate of drug-likeness (QED) is 0.855. The predicted octanol–water partition coefficient (Wildman–Crippen LogP) is 1.90. The van der Waals surface area contributed by atoms with Crippen molar-refractivity contribution in [1.29, 1.82) is 0 Å². The molecule has 0 aromatic heterocycles. The van der Waals surface area contributed by atoms with Gasteiger partial charge in [0.2, 0.25) is 5.91 Å². The number of likely N-dealkylation sites (tertiary alicyclic amines) is 1. The van der Waals surface area contributed by atoms with Crippen LogP contribution in [0.1, 0.15) is 45.4 Å². The molecule has 2 rings (SSSR count). The van der Waals surface area contributed by atoms with Gasteiger partial charge >= 0.3 is 5.97 Å². The van der Waals surface area contributed by atoms with E-state index < -0.39 is 11.9 Å². The summed E-state index contributed by atoms with van der Waals surface area (Å²) in [5.41, 5.74) is 0. The number of ether oxygens (including phenoxy) is 1. The second-order valence-electron chi connectivity index (χ2n) is 6.10. The third-order valence-corrected chi connectivity index (χ3v) is 4.66. The van der Waals surface area contributed by atoms with Crippen molar-refractivity contribution in [3.05, 3.63) is 0 Å². The van der Waals surface area contributed by atoms with Gasteiger partial charge < -0.3 is 14.7 Å². The number of piperidine rings is 1. The van der Waals surface area contributed by atoms with Crippen LogP contribution in [0.2, 0.25) is 0 Å². The highest BCUT2D eigenvalue weighted by Crippen LogP contribution is 2.25. The summed E-state index contributed by atoms with van der Waals surface area (Å²) in [5, 5.41) is 9.11. The smallest absolute Gasteiger partial charge is 0.308 e. The van der Waals surface area contributed by atoms with Gasteiger partial charge in [0.05, 0.1) is 5.92 Å². The molecule has 0 aliphatic carbocycles. The largest absolute Gasteiger partial charge is 0.481 e. The third-order valence-electron chi connectivity index (χ3n) is 4.66. The first kappa shape index (κ1) is 15.3. The van der Waals surface area contributed by atoms with Crippen LogP contribution >= 0.6 is 0 Å². The van der Waals surface area contributed by atoms with Gasteiger partial charge in [-0.25, -0.2) is 0 Å². The van der Waals surface area contributed by atoms with Gasteiger partial charge in [-0.1, -0.05) is 0 Å². The fourth-order valence-corrected chi connectivity index (χ4v) is 3.16. The van der Waals surface area contributed by atoms with E-state index >= 15 is 0 Å². The Morgan fingerprint density at radius 3 is 2.55 bits per heavy atom. The molecular weight excluding hydrogens is 258 g/mol. The number of carbonyl (C=O) groups is 2. The SMILES string of the molecule is CC1CCC(C(=O)O)CN1C(=O)CCC1CCOCC1. The molecule has 1 N–H and O–H groups in total. The molecule has 5 nitrogen and oxygen atoms in total. The molecule has 1 amide bonds. The van der Waals surface area contributed by atoms with Gasteiger partial charge in [-0.05, 0) is 44.9 Å². The average Bonchev–Trinajstić information content (AvgIpc) is 2.46.